The minimum absolute atomic E-state index is 0.0679. The summed E-state index contributed by atoms with van der Waals surface area (Å²) in [5, 5.41) is 9.03. The van der Waals surface area contributed by atoms with E-state index >= 15 is 0 Å². The van der Waals surface area contributed by atoms with Crippen LogP contribution in [0.2, 0.25) is 0 Å². The molecule has 11 heteroatoms. The fraction of sp³-hybridized carbons (Fsp3) is 0.467. The number of benzene rings is 1. The Hall–Kier alpha value is -2.30. The molecular formula is C15H17F3N2O5S. The SMILES string of the molecule is CCS(=O)(=O)Nc1ccccc1C(=O)N1C[C@@H](C(F)(F)F)[C@H](C(=O)O)C1. The number of rotatable bonds is 5. The molecule has 1 amide bonds. The number of carboxylic acid groups (broad SMARTS) is 1. The number of hydrogen-bond donors (Lipinski definition) is 2. The molecule has 0 unspecified atom stereocenters. The molecule has 0 saturated carbocycles. The van der Waals surface area contributed by atoms with Gasteiger partial charge in [0, 0.05) is 13.1 Å². The van der Waals surface area contributed by atoms with Gasteiger partial charge in [0.25, 0.3) is 5.91 Å². The number of hydrogen-bond acceptors (Lipinski definition) is 4. The Morgan fingerprint density at radius 1 is 1.27 bits per heavy atom. The second kappa shape index (κ2) is 7.14. The maximum absolute atomic E-state index is 13.1. The maximum Gasteiger partial charge on any atom is 0.394 e. The van der Waals surface area contributed by atoms with Crippen LogP contribution in [0.25, 0.3) is 0 Å². The molecule has 0 bridgehead atoms. The van der Waals surface area contributed by atoms with E-state index < -0.39 is 53.0 Å². The van der Waals surface area contributed by atoms with Crippen LogP contribution >= 0.6 is 0 Å². The number of carbonyl (C=O) groups excluding carboxylic acids is 1. The average Bonchev–Trinajstić information content (AvgIpc) is 3.00. The van der Waals surface area contributed by atoms with E-state index in [1.165, 1.54) is 31.2 Å². The number of carbonyl (C=O) groups is 2. The van der Waals surface area contributed by atoms with Gasteiger partial charge in [0.1, 0.15) is 0 Å². The Kier molecular flexibility index (Phi) is 5.49. The number of sulfonamides is 1. The Morgan fingerprint density at radius 3 is 2.38 bits per heavy atom. The minimum Gasteiger partial charge on any atom is -0.481 e. The molecular weight excluding hydrogens is 377 g/mol. The second-order valence-corrected chi connectivity index (χ2v) is 7.87. The molecule has 2 rings (SSSR count). The van der Waals surface area contributed by atoms with Crippen molar-refractivity contribution in [1.29, 1.82) is 0 Å². The molecule has 144 valence electrons. The summed E-state index contributed by atoms with van der Waals surface area (Å²) in [5.41, 5.74) is -0.210. The number of nitrogens with zero attached hydrogens (tertiary/aromatic N) is 1. The third-order valence-electron chi connectivity index (χ3n) is 4.15. The molecule has 1 aromatic rings. The van der Waals surface area contributed by atoms with Crippen LogP contribution in [0.15, 0.2) is 24.3 Å². The third-order valence-corrected chi connectivity index (χ3v) is 5.44. The number of para-hydroxylation sites is 1. The lowest BCUT2D eigenvalue weighted by Crippen LogP contribution is -2.34. The Labute approximate surface area is 147 Å². The predicted octanol–water partition coefficient (Wildman–Crippen LogP) is 1.78. The van der Waals surface area contributed by atoms with Gasteiger partial charge in [-0.3, -0.25) is 14.3 Å². The third kappa shape index (κ3) is 4.26. The van der Waals surface area contributed by atoms with E-state index in [9.17, 15) is 31.2 Å². The van der Waals surface area contributed by atoms with Gasteiger partial charge >= 0.3 is 12.1 Å². The van der Waals surface area contributed by atoms with Gasteiger partial charge in [-0.25, -0.2) is 8.42 Å². The molecule has 1 aliphatic heterocycles. The van der Waals surface area contributed by atoms with Crippen LogP contribution < -0.4 is 4.72 Å². The number of anilines is 1. The van der Waals surface area contributed by atoms with E-state index in [0.29, 0.717) is 0 Å². The van der Waals surface area contributed by atoms with E-state index in [0.717, 1.165) is 4.90 Å². The Morgan fingerprint density at radius 2 is 1.88 bits per heavy atom. The number of halogens is 3. The number of amides is 1. The number of carboxylic acids is 1. The molecule has 1 heterocycles. The summed E-state index contributed by atoms with van der Waals surface area (Å²) < 4.78 is 64.9. The van der Waals surface area contributed by atoms with Crippen molar-refractivity contribution in [1.82, 2.24) is 4.90 Å². The highest BCUT2D eigenvalue weighted by Gasteiger charge is 2.53. The summed E-state index contributed by atoms with van der Waals surface area (Å²) in [6.45, 7) is -0.0139. The summed E-state index contributed by atoms with van der Waals surface area (Å²) in [5.74, 6) is -6.70. The molecule has 0 aliphatic carbocycles. The first-order valence-electron chi connectivity index (χ1n) is 7.64. The van der Waals surface area contributed by atoms with E-state index in [2.05, 4.69) is 4.72 Å². The van der Waals surface area contributed by atoms with Gasteiger partial charge in [0.05, 0.1) is 28.8 Å². The Balaban J connectivity index is 2.32. The summed E-state index contributed by atoms with van der Waals surface area (Å²) in [6, 6.07) is 5.48. The highest BCUT2D eigenvalue weighted by Crippen LogP contribution is 2.38. The zero-order valence-corrected chi connectivity index (χ0v) is 14.5. The van der Waals surface area contributed by atoms with Crippen LogP contribution in [0.5, 0.6) is 0 Å². The van der Waals surface area contributed by atoms with Gasteiger partial charge in [0.2, 0.25) is 10.0 Å². The van der Waals surface area contributed by atoms with Crippen molar-refractivity contribution in [3.05, 3.63) is 29.8 Å². The van der Waals surface area contributed by atoms with Crippen molar-refractivity contribution >= 4 is 27.6 Å². The molecule has 1 aromatic carbocycles. The van der Waals surface area contributed by atoms with E-state index in [4.69, 9.17) is 5.11 Å². The van der Waals surface area contributed by atoms with Gasteiger partial charge in [-0.2, -0.15) is 13.2 Å². The number of alkyl halides is 3. The number of likely N-dealkylation sites (tertiary alicyclic amines) is 1. The fourth-order valence-corrected chi connectivity index (χ4v) is 3.38. The number of aliphatic carboxylic acids is 1. The average molecular weight is 394 g/mol. The van der Waals surface area contributed by atoms with Gasteiger partial charge in [0.15, 0.2) is 0 Å². The largest absolute Gasteiger partial charge is 0.481 e. The monoisotopic (exact) mass is 394 g/mol. The summed E-state index contributed by atoms with van der Waals surface area (Å²) in [6.07, 6.45) is -4.76. The molecule has 1 aliphatic rings. The molecule has 1 fully saturated rings. The molecule has 1 saturated heterocycles. The van der Waals surface area contributed by atoms with Crippen LogP contribution in [0, 0.1) is 11.8 Å². The Bertz CT molecular complexity index is 810. The fourth-order valence-electron chi connectivity index (χ4n) is 2.72. The molecule has 2 N–H and O–H groups in total. The van der Waals surface area contributed by atoms with Crippen molar-refractivity contribution < 1.29 is 36.3 Å². The summed E-state index contributed by atoms with van der Waals surface area (Å²) in [7, 11) is -3.71. The topological polar surface area (TPSA) is 104 Å². The highest BCUT2D eigenvalue weighted by atomic mass is 32.2. The maximum atomic E-state index is 13.1. The van der Waals surface area contributed by atoms with Crippen LogP contribution in [-0.2, 0) is 14.8 Å². The highest BCUT2D eigenvalue weighted by molar-refractivity contribution is 7.92. The molecule has 2 atom stereocenters. The van der Waals surface area contributed by atoms with Crippen molar-refractivity contribution in [3.63, 3.8) is 0 Å². The number of nitrogens with one attached hydrogen (secondary N) is 1. The first kappa shape index (κ1) is 20.0. The van der Waals surface area contributed by atoms with E-state index in [1.807, 2.05) is 0 Å². The van der Waals surface area contributed by atoms with Gasteiger partial charge in [-0.05, 0) is 19.1 Å². The van der Waals surface area contributed by atoms with Crippen LogP contribution in [-0.4, -0.2) is 55.3 Å². The van der Waals surface area contributed by atoms with Crippen molar-refractivity contribution in [2.24, 2.45) is 11.8 Å². The first-order valence-corrected chi connectivity index (χ1v) is 9.29. The van der Waals surface area contributed by atoms with Crippen LogP contribution in [0.3, 0.4) is 0 Å². The van der Waals surface area contributed by atoms with Crippen LogP contribution in [0.1, 0.15) is 17.3 Å². The van der Waals surface area contributed by atoms with E-state index in [1.54, 1.807) is 0 Å². The zero-order chi connectivity index (χ0) is 19.7. The normalized spacial score (nSPS) is 20.8. The molecule has 7 nitrogen and oxygen atoms in total. The molecule has 0 radical (unpaired) electrons. The lowest BCUT2D eigenvalue weighted by Gasteiger charge is -2.19. The quantitative estimate of drug-likeness (QED) is 0.792. The van der Waals surface area contributed by atoms with Gasteiger partial charge < -0.3 is 10.0 Å². The predicted molar refractivity (Wildman–Crippen MR) is 86.1 cm³/mol. The molecule has 0 spiro atoms. The summed E-state index contributed by atoms with van der Waals surface area (Å²) >= 11 is 0. The molecule has 0 aromatic heterocycles. The summed E-state index contributed by atoms with van der Waals surface area (Å²) in [4.78, 5) is 24.5. The van der Waals surface area contributed by atoms with Gasteiger partial charge in [-0.15, -0.1) is 0 Å². The minimum atomic E-state index is -4.76. The van der Waals surface area contributed by atoms with E-state index in [-0.39, 0.29) is 17.0 Å². The lowest BCUT2D eigenvalue weighted by molar-refractivity contribution is -0.187. The van der Waals surface area contributed by atoms with Crippen molar-refractivity contribution in [2.75, 3.05) is 23.6 Å². The standard InChI is InChI=1S/C15H17F3N2O5S/c1-2-26(24,25)19-12-6-4-3-5-9(12)13(21)20-7-10(14(22)23)11(8-20)15(16,17)18/h3-6,10-11,19H,2,7-8H2,1H3,(H,22,23)/t10-,11-/m1/s1. The lowest BCUT2D eigenvalue weighted by atomic mass is 9.96. The van der Waals surface area contributed by atoms with Crippen molar-refractivity contribution in [2.45, 2.75) is 13.1 Å². The van der Waals surface area contributed by atoms with Crippen molar-refractivity contribution in [3.8, 4) is 0 Å². The second-order valence-electron chi connectivity index (χ2n) is 5.85. The zero-order valence-electron chi connectivity index (χ0n) is 13.7. The smallest absolute Gasteiger partial charge is 0.394 e. The first-order chi connectivity index (χ1) is 12.0. The van der Waals surface area contributed by atoms with Crippen LogP contribution in [0.4, 0.5) is 18.9 Å². The molecule has 26 heavy (non-hydrogen) atoms. The van der Waals surface area contributed by atoms with Gasteiger partial charge in [-0.1, -0.05) is 12.1 Å².